The fourth-order valence-corrected chi connectivity index (χ4v) is 4.56. The molecule has 1 heterocycles. The molecule has 7 N–H and O–H groups in total. The summed E-state index contributed by atoms with van der Waals surface area (Å²) in [5.41, 5.74) is 12.3. The van der Waals surface area contributed by atoms with Gasteiger partial charge in [0.25, 0.3) is 5.91 Å². The number of carboxylic acid groups (broad SMARTS) is 1. The van der Waals surface area contributed by atoms with E-state index in [1.807, 2.05) is 24.3 Å². The second kappa shape index (κ2) is 10.1. The molecule has 1 aromatic heterocycles. The molecule has 0 bridgehead atoms. The minimum absolute atomic E-state index is 0.192. The zero-order valence-corrected chi connectivity index (χ0v) is 17.6. The number of urea groups is 1. The molecule has 0 aliphatic heterocycles. The van der Waals surface area contributed by atoms with Gasteiger partial charge in [-0.05, 0) is 36.6 Å². The van der Waals surface area contributed by atoms with Crippen LogP contribution in [0.5, 0.6) is 0 Å². The van der Waals surface area contributed by atoms with Crippen LogP contribution in [0, 0.1) is 11.8 Å². The number of hydrogen-bond donors (Lipinski definition) is 5. The van der Waals surface area contributed by atoms with Crippen molar-refractivity contribution in [2.75, 3.05) is 5.32 Å². The number of aliphatic carboxylic acids is 1. The van der Waals surface area contributed by atoms with Gasteiger partial charge in [0.15, 0.2) is 0 Å². The van der Waals surface area contributed by atoms with Crippen molar-refractivity contribution in [3.63, 3.8) is 0 Å². The average molecular weight is 441 g/mol. The summed E-state index contributed by atoms with van der Waals surface area (Å²) in [4.78, 5) is 35.0. The van der Waals surface area contributed by atoms with Crippen LogP contribution in [0.1, 0.15) is 48.0 Å². The highest BCUT2D eigenvalue weighted by Gasteiger charge is 2.23. The van der Waals surface area contributed by atoms with Crippen molar-refractivity contribution in [1.82, 2.24) is 5.32 Å². The molecule has 1 saturated carbocycles. The zero-order valence-electron chi connectivity index (χ0n) is 16.8. The molecule has 0 radical (unpaired) electrons. The summed E-state index contributed by atoms with van der Waals surface area (Å²) in [6.07, 6.45) is 4.51. The quantitative estimate of drug-likeness (QED) is 0.420. The molecule has 31 heavy (non-hydrogen) atoms. The fourth-order valence-electron chi connectivity index (χ4n) is 3.49. The van der Waals surface area contributed by atoms with Crippen molar-refractivity contribution >= 4 is 34.2 Å². The molecule has 8 nitrogen and oxygen atoms in total. The summed E-state index contributed by atoms with van der Waals surface area (Å²) in [7, 11) is 0. The normalized spacial score (nSPS) is 14.5. The van der Waals surface area contributed by atoms with Gasteiger partial charge in [-0.25, -0.2) is 4.79 Å². The number of benzene rings is 1. The van der Waals surface area contributed by atoms with Gasteiger partial charge in [0.1, 0.15) is 11.0 Å². The first-order valence-corrected chi connectivity index (χ1v) is 10.7. The minimum Gasteiger partial charge on any atom is -0.480 e. The maximum Gasteiger partial charge on any atom is 0.321 e. The third-order valence-electron chi connectivity index (χ3n) is 5.03. The lowest BCUT2D eigenvalue weighted by atomic mass is 10.1. The highest BCUT2D eigenvalue weighted by molar-refractivity contribution is 7.20. The van der Waals surface area contributed by atoms with Gasteiger partial charge < -0.3 is 21.9 Å². The van der Waals surface area contributed by atoms with Crippen LogP contribution in [0.2, 0.25) is 0 Å². The lowest BCUT2D eigenvalue weighted by Gasteiger charge is -2.17. The topological polar surface area (TPSA) is 148 Å². The molecule has 3 rings (SSSR count). The van der Waals surface area contributed by atoms with E-state index in [0.29, 0.717) is 5.00 Å². The van der Waals surface area contributed by atoms with E-state index in [2.05, 4.69) is 22.5 Å². The number of anilines is 1. The number of primary amides is 2. The molecule has 1 aromatic carbocycles. The summed E-state index contributed by atoms with van der Waals surface area (Å²) in [6, 6.07) is 7.70. The Hall–Kier alpha value is -3.35. The SMILES string of the molecule is NC(=O)Nc1sc(-c2ccc(C#CC[C@H](NC3CCCC3)C(=O)O)cc2)cc1C(N)=O. The lowest BCUT2D eigenvalue weighted by molar-refractivity contribution is -0.139. The first-order valence-electron chi connectivity index (χ1n) is 9.91. The summed E-state index contributed by atoms with van der Waals surface area (Å²) < 4.78 is 0. The van der Waals surface area contributed by atoms with Crippen LogP contribution in [0.4, 0.5) is 9.80 Å². The van der Waals surface area contributed by atoms with E-state index in [4.69, 9.17) is 11.5 Å². The molecule has 0 unspecified atom stereocenters. The van der Waals surface area contributed by atoms with Crippen LogP contribution >= 0.6 is 11.3 Å². The second-order valence-corrected chi connectivity index (χ2v) is 8.38. The summed E-state index contributed by atoms with van der Waals surface area (Å²) in [6.45, 7) is 0. The summed E-state index contributed by atoms with van der Waals surface area (Å²) in [5.74, 6) is 4.40. The fraction of sp³-hybridized carbons (Fsp3) is 0.318. The summed E-state index contributed by atoms with van der Waals surface area (Å²) in [5, 5.41) is 15.3. The molecular formula is C22H24N4O4S. The number of thiophene rings is 1. The van der Waals surface area contributed by atoms with Gasteiger partial charge in [0.05, 0.1) is 5.56 Å². The van der Waals surface area contributed by atoms with Gasteiger partial charge in [0, 0.05) is 22.9 Å². The van der Waals surface area contributed by atoms with Gasteiger partial charge in [-0.15, -0.1) is 11.3 Å². The molecule has 0 saturated heterocycles. The van der Waals surface area contributed by atoms with E-state index in [1.165, 1.54) is 11.3 Å². The van der Waals surface area contributed by atoms with E-state index < -0.39 is 23.9 Å². The maximum atomic E-state index is 11.6. The van der Waals surface area contributed by atoms with Crippen molar-refractivity contribution in [3.8, 4) is 22.3 Å². The number of nitrogens with two attached hydrogens (primary N) is 2. The zero-order chi connectivity index (χ0) is 22.4. The molecule has 2 aromatic rings. The maximum absolute atomic E-state index is 11.6. The number of hydrogen-bond acceptors (Lipinski definition) is 5. The van der Waals surface area contributed by atoms with Crippen molar-refractivity contribution in [2.24, 2.45) is 11.5 Å². The predicted octanol–water partition coefficient (Wildman–Crippen LogP) is 2.73. The van der Waals surface area contributed by atoms with Gasteiger partial charge >= 0.3 is 12.0 Å². The molecule has 1 aliphatic carbocycles. The van der Waals surface area contributed by atoms with E-state index in [9.17, 15) is 19.5 Å². The van der Waals surface area contributed by atoms with E-state index >= 15 is 0 Å². The number of carbonyl (C=O) groups excluding carboxylic acids is 2. The number of rotatable bonds is 7. The smallest absolute Gasteiger partial charge is 0.321 e. The number of carbonyl (C=O) groups is 3. The van der Waals surface area contributed by atoms with Crippen LogP contribution in [-0.4, -0.2) is 35.1 Å². The Morgan fingerprint density at radius 3 is 2.42 bits per heavy atom. The highest BCUT2D eigenvalue weighted by Crippen LogP contribution is 2.35. The third kappa shape index (κ3) is 6.07. The Morgan fingerprint density at radius 1 is 1.16 bits per heavy atom. The van der Waals surface area contributed by atoms with E-state index in [0.717, 1.165) is 41.7 Å². The Kier molecular flexibility index (Phi) is 7.28. The van der Waals surface area contributed by atoms with Crippen LogP contribution < -0.4 is 22.1 Å². The number of carboxylic acids is 1. The average Bonchev–Trinajstić information content (AvgIpc) is 3.37. The Labute approximate surface area is 184 Å². The van der Waals surface area contributed by atoms with Crippen LogP contribution in [-0.2, 0) is 4.79 Å². The van der Waals surface area contributed by atoms with Crippen molar-refractivity contribution < 1.29 is 19.5 Å². The monoisotopic (exact) mass is 440 g/mol. The van der Waals surface area contributed by atoms with Crippen molar-refractivity contribution in [3.05, 3.63) is 41.5 Å². The van der Waals surface area contributed by atoms with Crippen LogP contribution in [0.15, 0.2) is 30.3 Å². The van der Waals surface area contributed by atoms with Gasteiger partial charge in [0.2, 0.25) is 0 Å². The van der Waals surface area contributed by atoms with Gasteiger partial charge in [-0.2, -0.15) is 0 Å². The summed E-state index contributed by atoms with van der Waals surface area (Å²) >= 11 is 1.19. The van der Waals surface area contributed by atoms with Crippen LogP contribution in [0.3, 0.4) is 0 Å². The van der Waals surface area contributed by atoms with Crippen LogP contribution in [0.25, 0.3) is 10.4 Å². The highest BCUT2D eigenvalue weighted by atomic mass is 32.1. The first-order chi connectivity index (χ1) is 14.8. The molecule has 1 atom stereocenters. The Bertz CT molecular complexity index is 1030. The third-order valence-corrected chi connectivity index (χ3v) is 6.13. The van der Waals surface area contributed by atoms with Gasteiger partial charge in [-0.3, -0.25) is 14.9 Å². The standard InChI is InChI=1S/C22H24N4O4S/c23-19(27)16-12-18(31-20(16)26-22(24)30)14-10-8-13(9-11-14)4-3-7-17(21(28)29)25-15-5-1-2-6-15/h8-12,15,17,25H,1-2,5-7H2,(H2,23,27)(H,28,29)(H3,24,26,30)/t17-/m0/s1. The second-order valence-electron chi connectivity index (χ2n) is 7.33. The lowest BCUT2D eigenvalue weighted by Crippen LogP contribution is -2.41. The van der Waals surface area contributed by atoms with Crippen molar-refractivity contribution in [2.45, 2.75) is 44.2 Å². The van der Waals surface area contributed by atoms with Crippen molar-refractivity contribution in [1.29, 1.82) is 0 Å². The Balaban J connectivity index is 1.68. The number of nitrogens with one attached hydrogen (secondary N) is 2. The number of amides is 3. The molecule has 9 heteroatoms. The molecule has 1 fully saturated rings. The molecule has 3 amide bonds. The predicted molar refractivity (Wildman–Crippen MR) is 120 cm³/mol. The van der Waals surface area contributed by atoms with Gasteiger partial charge in [-0.1, -0.05) is 36.8 Å². The molecule has 1 aliphatic rings. The molecule has 162 valence electrons. The van der Waals surface area contributed by atoms with E-state index in [1.54, 1.807) is 6.07 Å². The first kappa shape index (κ1) is 22.3. The van der Waals surface area contributed by atoms with E-state index in [-0.39, 0.29) is 18.0 Å². The molecule has 0 spiro atoms. The Morgan fingerprint density at radius 2 is 1.84 bits per heavy atom. The largest absolute Gasteiger partial charge is 0.480 e. The minimum atomic E-state index is -0.889. The molecular weight excluding hydrogens is 416 g/mol.